The Morgan fingerprint density at radius 3 is 2.46 bits per heavy atom. The highest BCUT2D eigenvalue weighted by Crippen LogP contribution is 2.55. The number of ether oxygens (including phenoxy) is 1. The molecule has 1 aromatic carbocycles. The number of alkyl carbamates (subject to hydrolysis) is 1. The third kappa shape index (κ3) is 3.54. The molecule has 1 aromatic rings. The van der Waals surface area contributed by atoms with E-state index < -0.39 is 0 Å². The van der Waals surface area contributed by atoms with Gasteiger partial charge in [-0.1, -0.05) is 30.3 Å². The van der Waals surface area contributed by atoms with Gasteiger partial charge in [-0.2, -0.15) is 0 Å². The van der Waals surface area contributed by atoms with Crippen molar-refractivity contribution in [2.45, 2.75) is 50.3 Å². The summed E-state index contributed by atoms with van der Waals surface area (Å²) >= 11 is 5.69. The van der Waals surface area contributed by atoms with Crippen LogP contribution < -0.4 is 10.6 Å². The predicted molar refractivity (Wildman–Crippen MR) is 98.7 cm³/mol. The highest BCUT2D eigenvalue weighted by molar-refractivity contribution is 6.27. The number of alkyl halides is 1. The second-order valence-corrected chi connectivity index (χ2v) is 8.43. The van der Waals surface area contributed by atoms with Crippen molar-refractivity contribution in [1.82, 2.24) is 10.6 Å². The third-order valence-corrected chi connectivity index (χ3v) is 6.54. The van der Waals surface area contributed by atoms with Crippen molar-refractivity contribution in [2.24, 2.45) is 17.8 Å². The van der Waals surface area contributed by atoms with Gasteiger partial charge in [-0.05, 0) is 55.4 Å². The molecular formula is C20H25ClN2O3. The lowest BCUT2D eigenvalue weighted by molar-refractivity contribution is -0.125. The van der Waals surface area contributed by atoms with Gasteiger partial charge in [0.2, 0.25) is 5.91 Å². The lowest BCUT2D eigenvalue weighted by Gasteiger charge is -2.60. The first-order chi connectivity index (χ1) is 12.6. The Kier molecular flexibility index (Phi) is 4.82. The molecule has 5 nitrogen and oxygen atoms in total. The fourth-order valence-electron chi connectivity index (χ4n) is 5.64. The lowest BCUT2D eigenvalue weighted by Crippen LogP contribution is -2.66. The summed E-state index contributed by atoms with van der Waals surface area (Å²) in [7, 11) is 0. The van der Waals surface area contributed by atoms with E-state index >= 15 is 0 Å². The lowest BCUT2D eigenvalue weighted by atomic mass is 9.51. The maximum absolute atomic E-state index is 12.3. The summed E-state index contributed by atoms with van der Waals surface area (Å²) in [4.78, 5) is 24.1. The molecule has 26 heavy (non-hydrogen) atoms. The quantitative estimate of drug-likeness (QED) is 0.775. The third-order valence-electron chi connectivity index (χ3n) is 6.30. The molecule has 5 rings (SSSR count). The number of rotatable bonds is 5. The number of carbonyl (C=O) groups is 2. The van der Waals surface area contributed by atoms with Crippen LogP contribution >= 0.6 is 11.6 Å². The number of benzene rings is 1. The first kappa shape index (κ1) is 17.7. The Morgan fingerprint density at radius 2 is 1.81 bits per heavy atom. The van der Waals surface area contributed by atoms with E-state index in [-0.39, 0.29) is 36.1 Å². The van der Waals surface area contributed by atoms with Gasteiger partial charge in [0.25, 0.3) is 0 Å². The fourth-order valence-corrected chi connectivity index (χ4v) is 5.71. The molecule has 4 fully saturated rings. The maximum Gasteiger partial charge on any atom is 0.407 e. The predicted octanol–water partition coefficient (Wildman–Crippen LogP) is 3.22. The molecule has 6 heteroatoms. The Hall–Kier alpha value is -1.75. The summed E-state index contributed by atoms with van der Waals surface area (Å²) in [5.74, 6) is 1.37. The molecule has 4 saturated carbocycles. The number of carbonyl (C=O) groups excluding carboxylic acids is 2. The van der Waals surface area contributed by atoms with Crippen LogP contribution in [0.2, 0.25) is 0 Å². The van der Waals surface area contributed by atoms with Crippen molar-refractivity contribution in [3.05, 3.63) is 35.9 Å². The Bertz CT molecular complexity index is 665. The molecular weight excluding hydrogens is 352 g/mol. The molecule has 0 spiro atoms. The summed E-state index contributed by atoms with van der Waals surface area (Å²) in [6.45, 7) is 0.285. The van der Waals surface area contributed by atoms with Gasteiger partial charge in [-0.25, -0.2) is 4.79 Å². The van der Waals surface area contributed by atoms with Crippen molar-refractivity contribution in [2.75, 3.05) is 5.88 Å². The maximum atomic E-state index is 12.3. The Morgan fingerprint density at radius 1 is 1.12 bits per heavy atom. The fraction of sp³-hybridized carbons (Fsp3) is 0.600. The van der Waals surface area contributed by atoms with Crippen molar-refractivity contribution in [1.29, 1.82) is 0 Å². The minimum absolute atomic E-state index is 0.00917. The smallest absolute Gasteiger partial charge is 0.407 e. The second-order valence-electron chi connectivity index (χ2n) is 8.16. The van der Waals surface area contributed by atoms with E-state index in [2.05, 4.69) is 10.6 Å². The minimum atomic E-state index is -0.342. The average molecular weight is 377 g/mol. The van der Waals surface area contributed by atoms with Gasteiger partial charge in [0, 0.05) is 11.6 Å². The van der Waals surface area contributed by atoms with Crippen molar-refractivity contribution < 1.29 is 14.3 Å². The van der Waals surface area contributed by atoms with Gasteiger partial charge in [0.05, 0.1) is 0 Å². The molecule has 4 aliphatic carbocycles. The zero-order valence-electron chi connectivity index (χ0n) is 14.7. The van der Waals surface area contributed by atoms with Crippen LogP contribution in [-0.4, -0.2) is 29.5 Å². The van der Waals surface area contributed by atoms with E-state index in [4.69, 9.17) is 16.3 Å². The van der Waals surface area contributed by atoms with Gasteiger partial charge in [-0.3, -0.25) is 4.79 Å². The first-order valence-corrected chi connectivity index (χ1v) is 9.94. The highest BCUT2D eigenvalue weighted by atomic mass is 35.5. The van der Waals surface area contributed by atoms with Gasteiger partial charge in [-0.15, -0.1) is 11.6 Å². The highest BCUT2D eigenvalue weighted by Gasteiger charge is 2.56. The monoisotopic (exact) mass is 376 g/mol. The normalized spacial score (nSPS) is 34.3. The van der Waals surface area contributed by atoms with E-state index in [0.29, 0.717) is 17.8 Å². The van der Waals surface area contributed by atoms with Crippen LogP contribution in [0.4, 0.5) is 4.79 Å². The van der Waals surface area contributed by atoms with E-state index in [1.54, 1.807) is 0 Å². The van der Waals surface area contributed by atoms with Crippen LogP contribution in [0.5, 0.6) is 0 Å². The molecule has 2 N–H and O–H groups in total. The molecule has 2 amide bonds. The van der Waals surface area contributed by atoms with Gasteiger partial charge < -0.3 is 15.4 Å². The van der Waals surface area contributed by atoms with E-state index in [9.17, 15) is 9.59 Å². The number of hydrogen-bond acceptors (Lipinski definition) is 3. The van der Waals surface area contributed by atoms with Crippen molar-refractivity contribution >= 4 is 23.6 Å². The second kappa shape index (κ2) is 7.10. The van der Waals surface area contributed by atoms with Crippen molar-refractivity contribution in [3.8, 4) is 0 Å². The van der Waals surface area contributed by atoms with Gasteiger partial charge >= 0.3 is 6.09 Å². The molecule has 4 aliphatic rings. The summed E-state index contributed by atoms with van der Waals surface area (Å²) in [5, 5.41) is 6.30. The summed E-state index contributed by atoms with van der Waals surface area (Å²) in [6.07, 6.45) is 4.80. The summed E-state index contributed by atoms with van der Waals surface area (Å²) < 4.78 is 5.40. The van der Waals surface area contributed by atoms with Gasteiger partial charge in [0.1, 0.15) is 12.5 Å². The van der Waals surface area contributed by atoms with E-state index in [1.165, 1.54) is 0 Å². The number of halogens is 1. The van der Waals surface area contributed by atoms with Crippen LogP contribution in [0, 0.1) is 17.8 Å². The zero-order valence-corrected chi connectivity index (χ0v) is 15.5. The number of amides is 2. The van der Waals surface area contributed by atoms with Gasteiger partial charge in [0.15, 0.2) is 0 Å². The molecule has 140 valence electrons. The van der Waals surface area contributed by atoms with E-state index in [1.807, 2.05) is 30.3 Å². The molecule has 2 atom stereocenters. The summed E-state index contributed by atoms with van der Waals surface area (Å²) in [6, 6.07) is 9.85. The standard InChI is InChI=1S/C20H25ClN2O3/c21-11-17(24)23-20-8-14-6-15(9-20)18(16(7-14)10-20)22-19(25)26-12-13-4-2-1-3-5-13/h1-5,14-16,18H,6-12H2,(H,22,25)(H,23,24). The van der Waals surface area contributed by atoms with Crippen LogP contribution in [0.25, 0.3) is 0 Å². The minimum Gasteiger partial charge on any atom is -0.445 e. The van der Waals surface area contributed by atoms with Crippen LogP contribution in [-0.2, 0) is 16.1 Å². The largest absolute Gasteiger partial charge is 0.445 e. The van der Waals surface area contributed by atoms with Crippen LogP contribution in [0.1, 0.15) is 37.7 Å². The number of nitrogens with one attached hydrogen (secondary N) is 2. The molecule has 2 unspecified atom stereocenters. The first-order valence-electron chi connectivity index (χ1n) is 9.41. The molecule has 0 radical (unpaired) electrons. The molecule has 0 saturated heterocycles. The van der Waals surface area contributed by atoms with Crippen molar-refractivity contribution in [3.63, 3.8) is 0 Å². The van der Waals surface area contributed by atoms with Crippen LogP contribution in [0.15, 0.2) is 30.3 Å². The summed E-state index contributed by atoms with van der Waals surface area (Å²) in [5.41, 5.74) is 0.865. The topological polar surface area (TPSA) is 67.4 Å². The van der Waals surface area contributed by atoms with E-state index in [0.717, 1.165) is 37.7 Å². The number of hydrogen-bond donors (Lipinski definition) is 2. The Labute approximate surface area is 158 Å². The zero-order chi connectivity index (χ0) is 18.1. The molecule has 0 aromatic heterocycles. The Balaban J connectivity index is 1.36. The molecule has 4 bridgehead atoms. The SMILES string of the molecule is O=C(CCl)NC12CC3CC(C1)C(NC(=O)OCc1ccccc1)C(C3)C2. The molecule has 0 heterocycles. The molecule has 0 aliphatic heterocycles. The average Bonchev–Trinajstić information content (AvgIpc) is 2.63. The van der Waals surface area contributed by atoms with Crippen LogP contribution in [0.3, 0.4) is 0 Å².